The van der Waals surface area contributed by atoms with Crippen molar-refractivity contribution in [2.75, 3.05) is 7.05 Å². The van der Waals surface area contributed by atoms with Gasteiger partial charge in [-0.3, -0.25) is 4.99 Å². The lowest BCUT2D eigenvalue weighted by molar-refractivity contribution is 0.481. The lowest BCUT2D eigenvalue weighted by Gasteiger charge is -2.02. The third-order valence-corrected chi connectivity index (χ3v) is 4.11. The van der Waals surface area contributed by atoms with Crippen LogP contribution >= 0.6 is 11.5 Å². The zero-order valence-electron chi connectivity index (χ0n) is 12.2. The number of hydrogen-bond donors (Lipinski definition) is 1. The summed E-state index contributed by atoms with van der Waals surface area (Å²) in [7, 11) is 1.71. The normalized spacial score (nSPS) is 11.9. The van der Waals surface area contributed by atoms with Gasteiger partial charge in [0.1, 0.15) is 5.75 Å². The van der Waals surface area contributed by atoms with Crippen LogP contribution in [0.1, 0.15) is 11.3 Å². The Morgan fingerprint density at radius 1 is 1.09 bits per heavy atom. The number of fused-ring (bicyclic) bond motifs is 1. The van der Waals surface area contributed by atoms with Crippen LogP contribution in [0, 0.1) is 6.92 Å². The topological polar surface area (TPSA) is 70.2 Å². The number of aromatic nitrogens is 1. The number of hydrogen-bond acceptors (Lipinski definition) is 6. The van der Waals surface area contributed by atoms with Gasteiger partial charge in [-0.05, 0) is 30.6 Å². The van der Waals surface area contributed by atoms with Gasteiger partial charge in [0.2, 0.25) is 0 Å². The smallest absolute Gasteiger partial charge is 0.167 e. The monoisotopic (exact) mass is 310 g/mol. The van der Waals surface area contributed by atoms with Crippen LogP contribution in [0.15, 0.2) is 51.6 Å². The SMILES string of the molecule is CN=Cc1c(C)nsc1N=Nc1ccc(O)c2ccccc12. The molecule has 0 aliphatic rings. The molecular weight excluding hydrogens is 296 g/mol. The highest BCUT2D eigenvalue weighted by molar-refractivity contribution is 7.10. The van der Waals surface area contributed by atoms with E-state index in [1.165, 1.54) is 11.5 Å². The minimum Gasteiger partial charge on any atom is -0.507 e. The lowest BCUT2D eigenvalue weighted by atomic mass is 10.1. The summed E-state index contributed by atoms with van der Waals surface area (Å²) >= 11 is 1.29. The maximum absolute atomic E-state index is 9.90. The Kier molecular flexibility index (Phi) is 3.93. The second-order valence-corrected chi connectivity index (χ2v) is 5.48. The number of azo groups is 1. The second-order valence-electron chi connectivity index (χ2n) is 4.72. The van der Waals surface area contributed by atoms with E-state index in [0.29, 0.717) is 5.69 Å². The fourth-order valence-electron chi connectivity index (χ4n) is 2.17. The number of phenolic OH excluding ortho intramolecular Hbond substituents is 1. The van der Waals surface area contributed by atoms with E-state index < -0.39 is 0 Å². The molecule has 0 aliphatic carbocycles. The molecule has 0 atom stereocenters. The summed E-state index contributed by atoms with van der Waals surface area (Å²) in [6, 6.07) is 10.9. The van der Waals surface area contributed by atoms with Crippen molar-refractivity contribution in [2.24, 2.45) is 15.2 Å². The summed E-state index contributed by atoms with van der Waals surface area (Å²) in [6.45, 7) is 1.92. The van der Waals surface area contributed by atoms with E-state index in [2.05, 4.69) is 19.6 Å². The first-order valence-electron chi connectivity index (χ1n) is 6.71. The van der Waals surface area contributed by atoms with Crippen molar-refractivity contribution in [1.82, 2.24) is 4.37 Å². The first kappa shape index (κ1) is 14.3. The molecule has 2 aromatic carbocycles. The fraction of sp³-hybridized carbons (Fsp3) is 0.125. The molecule has 110 valence electrons. The molecule has 0 radical (unpaired) electrons. The third kappa shape index (κ3) is 2.60. The van der Waals surface area contributed by atoms with Crippen LogP contribution in [0.25, 0.3) is 10.8 Å². The van der Waals surface area contributed by atoms with Gasteiger partial charge in [-0.15, -0.1) is 10.2 Å². The van der Waals surface area contributed by atoms with Crippen LogP contribution in [-0.4, -0.2) is 22.7 Å². The third-order valence-electron chi connectivity index (χ3n) is 3.27. The molecule has 0 saturated carbocycles. The molecule has 0 unspecified atom stereocenters. The van der Waals surface area contributed by atoms with Crippen molar-refractivity contribution in [1.29, 1.82) is 0 Å². The van der Waals surface area contributed by atoms with Crippen LogP contribution in [-0.2, 0) is 0 Å². The number of nitrogens with zero attached hydrogens (tertiary/aromatic N) is 4. The van der Waals surface area contributed by atoms with Crippen LogP contribution in [0.3, 0.4) is 0 Å². The molecule has 1 N–H and O–H groups in total. The van der Waals surface area contributed by atoms with E-state index in [1.807, 2.05) is 31.2 Å². The summed E-state index contributed by atoms with van der Waals surface area (Å²) in [4.78, 5) is 4.02. The van der Waals surface area contributed by atoms with E-state index in [4.69, 9.17) is 0 Å². The Balaban J connectivity index is 2.06. The Hall–Kier alpha value is -2.60. The lowest BCUT2D eigenvalue weighted by Crippen LogP contribution is -1.81. The summed E-state index contributed by atoms with van der Waals surface area (Å²) in [6.07, 6.45) is 1.74. The number of benzene rings is 2. The summed E-state index contributed by atoms with van der Waals surface area (Å²) in [5, 5.41) is 20.9. The van der Waals surface area contributed by atoms with Gasteiger partial charge in [0, 0.05) is 24.0 Å². The molecule has 6 heteroatoms. The van der Waals surface area contributed by atoms with Crippen molar-refractivity contribution >= 4 is 39.2 Å². The predicted octanol–water partition coefficient (Wildman–Crippen LogP) is 4.77. The highest BCUT2D eigenvalue weighted by Crippen LogP contribution is 2.34. The summed E-state index contributed by atoms with van der Waals surface area (Å²) in [5.41, 5.74) is 2.48. The fourth-order valence-corrected chi connectivity index (χ4v) is 2.87. The van der Waals surface area contributed by atoms with Gasteiger partial charge in [0.25, 0.3) is 0 Å². The molecule has 1 aromatic heterocycles. The van der Waals surface area contributed by atoms with Gasteiger partial charge < -0.3 is 5.11 Å². The van der Waals surface area contributed by atoms with Crippen LogP contribution < -0.4 is 0 Å². The highest BCUT2D eigenvalue weighted by Gasteiger charge is 2.08. The number of rotatable bonds is 3. The van der Waals surface area contributed by atoms with E-state index in [0.717, 1.165) is 27.0 Å². The number of phenols is 1. The molecule has 1 heterocycles. The van der Waals surface area contributed by atoms with Gasteiger partial charge in [0.15, 0.2) is 5.00 Å². The first-order chi connectivity index (χ1) is 10.7. The summed E-state index contributed by atoms with van der Waals surface area (Å²) in [5.74, 6) is 0.238. The van der Waals surface area contributed by atoms with Crippen molar-refractivity contribution in [3.63, 3.8) is 0 Å². The number of aryl methyl sites for hydroxylation is 1. The molecule has 0 spiro atoms. The van der Waals surface area contributed by atoms with E-state index in [1.54, 1.807) is 25.4 Å². The maximum atomic E-state index is 9.90. The standard InChI is InChI=1S/C16H14N4OS/c1-10-13(9-17-2)16(22-20-10)19-18-14-7-8-15(21)12-6-4-3-5-11(12)14/h3-9,21H,1-2H3. The quantitative estimate of drug-likeness (QED) is 0.559. The summed E-state index contributed by atoms with van der Waals surface area (Å²) < 4.78 is 4.28. The van der Waals surface area contributed by atoms with E-state index in [9.17, 15) is 5.11 Å². The Bertz CT molecular complexity index is 883. The van der Waals surface area contributed by atoms with Crippen molar-refractivity contribution < 1.29 is 5.11 Å². The van der Waals surface area contributed by atoms with E-state index >= 15 is 0 Å². The molecule has 0 aliphatic heterocycles. The van der Waals surface area contributed by atoms with Crippen LogP contribution in [0.4, 0.5) is 10.7 Å². The number of aromatic hydroxyl groups is 1. The molecular formula is C16H14N4OS. The van der Waals surface area contributed by atoms with Gasteiger partial charge >= 0.3 is 0 Å². The minimum atomic E-state index is 0.238. The Labute approximate surface area is 131 Å². The molecule has 3 aromatic rings. The predicted molar refractivity (Wildman–Crippen MR) is 90.2 cm³/mol. The second kappa shape index (κ2) is 6.03. The maximum Gasteiger partial charge on any atom is 0.167 e. The van der Waals surface area contributed by atoms with Gasteiger partial charge in [-0.1, -0.05) is 24.3 Å². The number of aliphatic imine (C=N–C) groups is 1. The zero-order valence-corrected chi connectivity index (χ0v) is 13.0. The van der Waals surface area contributed by atoms with Crippen LogP contribution in [0.5, 0.6) is 5.75 Å². The molecule has 3 rings (SSSR count). The zero-order chi connectivity index (χ0) is 15.5. The van der Waals surface area contributed by atoms with Crippen molar-refractivity contribution in [3.05, 3.63) is 47.7 Å². The minimum absolute atomic E-state index is 0.238. The van der Waals surface area contributed by atoms with E-state index in [-0.39, 0.29) is 5.75 Å². The Morgan fingerprint density at radius 2 is 1.86 bits per heavy atom. The average molecular weight is 310 g/mol. The van der Waals surface area contributed by atoms with Gasteiger partial charge in [-0.25, -0.2) is 0 Å². The molecule has 0 amide bonds. The largest absolute Gasteiger partial charge is 0.507 e. The van der Waals surface area contributed by atoms with Gasteiger partial charge in [-0.2, -0.15) is 4.37 Å². The molecule has 0 fully saturated rings. The molecule has 0 saturated heterocycles. The molecule has 0 bridgehead atoms. The first-order valence-corrected chi connectivity index (χ1v) is 7.49. The Morgan fingerprint density at radius 3 is 2.64 bits per heavy atom. The van der Waals surface area contributed by atoms with Crippen LogP contribution in [0.2, 0.25) is 0 Å². The highest BCUT2D eigenvalue weighted by atomic mass is 32.1. The van der Waals surface area contributed by atoms with Crippen molar-refractivity contribution in [3.8, 4) is 5.75 Å². The molecule has 5 nitrogen and oxygen atoms in total. The average Bonchev–Trinajstić information content (AvgIpc) is 2.88. The molecule has 22 heavy (non-hydrogen) atoms. The van der Waals surface area contributed by atoms with Gasteiger partial charge in [0.05, 0.1) is 16.9 Å². The van der Waals surface area contributed by atoms with Crippen molar-refractivity contribution in [2.45, 2.75) is 6.92 Å².